The zero-order chi connectivity index (χ0) is 8.55. The monoisotopic (exact) mass is 157 g/mol. The largest absolute Gasteiger partial charge is 0.461 e. The molecule has 0 fully saturated rings. The van der Waals surface area contributed by atoms with Gasteiger partial charge in [-0.15, -0.1) is 0 Å². The van der Waals surface area contributed by atoms with Gasteiger partial charge in [-0.3, -0.25) is 0 Å². The van der Waals surface area contributed by atoms with E-state index < -0.39 is 0 Å². The van der Waals surface area contributed by atoms with Crippen LogP contribution in [0.25, 0.3) is 11.0 Å². The number of fused-ring (bicyclic) bond motifs is 1. The van der Waals surface area contributed by atoms with Crippen molar-refractivity contribution in [1.82, 2.24) is 0 Å². The quantitative estimate of drug-likeness (QED) is 0.589. The molecule has 1 heterocycles. The molecule has 1 aromatic carbocycles. The normalized spacial score (nSPS) is 10.0. The molecule has 0 saturated carbocycles. The SMILES string of the molecule is Cc1cc2ccc(C#N)cc2o1. The van der Waals surface area contributed by atoms with Crippen LogP contribution in [0.2, 0.25) is 0 Å². The Labute approximate surface area is 70.0 Å². The summed E-state index contributed by atoms with van der Waals surface area (Å²) in [6.07, 6.45) is 0. The third-order valence-corrected chi connectivity index (χ3v) is 1.77. The highest BCUT2D eigenvalue weighted by atomic mass is 16.3. The van der Waals surface area contributed by atoms with Crippen LogP contribution < -0.4 is 0 Å². The Balaban J connectivity index is 2.77. The predicted octanol–water partition coefficient (Wildman–Crippen LogP) is 2.61. The summed E-state index contributed by atoms with van der Waals surface area (Å²) < 4.78 is 5.36. The summed E-state index contributed by atoms with van der Waals surface area (Å²) in [7, 11) is 0. The maximum absolute atomic E-state index is 8.61. The Kier molecular flexibility index (Phi) is 1.38. The number of hydrogen-bond donors (Lipinski definition) is 0. The summed E-state index contributed by atoms with van der Waals surface area (Å²) in [5, 5.41) is 9.66. The average Bonchev–Trinajstić information content (AvgIpc) is 2.43. The van der Waals surface area contributed by atoms with Gasteiger partial charge < -0.3 is 4.42 Å². The third-order valence-electron chi connectivity index (χ3n) is 1.77. The maximum atomic E-state index is 8.61. The van der Waals surface area contributed by atoms with E-state index in [9.17, 15) is 0 Å². The molecule has 12 heavy (non-hydrogen) atoms. The Bertz CT molecular complexity index is 462. The highest BCUT2D eigenvalue weighted by molar-refractivity contribution is 5.79. The molecule has 2 nitrogen and oxygen atoms in total. The lowest BCUT2D eigenvalue weighted by Crippen LogP contribution is -1.70. The topological polar surface area (TPSA) is 36.9 Å². The Hall–Kier alpha value is -1.75. The van der Waals surface area contributed by atoms with Crippen LogP contribution in [-0.2, 0) is 0 Å². The molecule has 0 saturated heterocycles. The van der Waals surface area contributed by atoms with Gasteiger partial charge in [0.05, 0.1) is 11.6 Å². The van der Waals surface area contributed by atoms with Crippen molar-refractivity contribution in [3.63, 3.8) is 0 Å². The molecule has 2 rings (SSSR count). The first-order valence-corrected chi connectivity index (χ1v) is 3.70. The molecule has 0 atom stereocenters. The van der Waals surface area contributed by atoms with Crippen LogP contribution >= 0.6 is 0 Å². The van der Waals surface area contributed by atoms with Gasteiger partial charge in [0.15, 0.2) is 0 Å². The number of nitrogens with zero attached hydrogens (tertiary/aromatic N) is 1. The van der Waals surface area contributed by atoms with Gasteiger partial charge in [-0.1, -0.05) is 0 Å². The lowest BCUT2D eigenvalue weighted by molar-refractivity contribution is 0.578. The van der Waals surface area contributed by atoms with E-state index in [0.29, 0.717) is 5.56 Å². The molecule has 0 unspecified atom stereocenters. The second kappa shape index (κ2) is 2.38. The van der Waals surface area contributed by atoms with Crippen LogP contribution in [0.1, 0.15) is 11.3 Å². The molecular formula is C10H7NO. The summed E-state index contributed by atoms with van der Waals surface area (Å²) in [6, 6.07) is 9.46. The van der Waals surface area contributed by atoms with Crippen molar-refractivity contribution in [2.24, 2.45) is 0 Å². The summed E-state index contributed by atoms with van der Waals surface area (Å²) in [6.45, 7) is 1.89. The number of aryl methyl sites for hydroxylation is 1. The zero-order valence-corrected chi connectivity index (χ0v) is 6.66. The minimum atomic E-state index is 0.636. The van der Waals surface area contributed by atoms with Gasteiger partial charge in [-0.2, -0.15) is 5.26 Å². The molecule has 0 aliphatic carbocycles. The molecule has 0 radical (unpaired) electrons. The van der Waals surface area contributed by atoms with Crippen molar-refractivity contribution in [3.05, 3.63) is 35.6 Å². The molecule has 0 bridgehead atoms. The molecule has 1 aromatic heterocycles. The van der Waals surface area contributed by atoms with Gasteiger partial charge in [0.1, 0.15) is 11.3 Å². The lowest BCUT2D eigenvalue weighted by atomic mass is 10.2. The molecule has 2 aromatic rings. The number of furan rings is 1. The van der Waals surface area contributed by atoms with Crippen LogP contribution in [-0.4, -0.2) is 0 Å². The van der Waals surface area contributed by atoms with Gasteiger partial charge in [-0.25, -0.2) is 0 Å². The molecule has 58 valence electrons. The minimum absolute atomic E-state index is 0.636. The van der Waals surface area contributed by atoms with E-state index >= 15 is 0 Å². The van der Waals surface area contributed by atoms with Gasteiger partial charge in [0.25, 0.3) is 0 Å². The summed E-state index contributed by atoms with van der Waals surface area (Å²) in [5.74, 6) is 0.875. The van der Waals surface area contributed by atoms with Gasteiger partial charge in [-0.05, 0) is 31.2 Å². The van der Waals surface area contributed by atoms with Crippen LogP contribution in [0.15, 0.2) is 28.7 Å². The fourth-order valence-corrected chi connectivity index (χ4v) is 1.23. The summed E-state index contributed by atoms with van der Waals surface area (Å²) >= 11 is 0. The van der Waals surface area contributed by atoms with Crippen LogP contribution in [0.5, 0.6) is 0 Å². The fourth-order valence-electron chi connectivity index (χ4n) is 1.23. The minimum Gasteiger partial charge on any atom is -0.461 e. The van der Waals surface area contributed by atoms with Gasteiger partial charge >= 0.3 is 0 Å². The molecule has 0 aliphatic rings. The van der Waals surface area contributed by atoms with E-state index in [4.69, 9.17) is 9.68 Å². The smallest absolute Gasteiger partial charge is 0.135 e. The third kappa shape index (κ3) is 0.960. The van der Waals surface area contributed by atoms with Crippen molar-refractivity contribution >= 4 is 11.0 Å². The van der Waals surface area contributed by atoms with Crippen molar-refractivity contribution < 1.29 is 4.42 Å². The molecule has 0 aliphatic heterocycles. The molecule has 2 heteroatoms. The number of rotatable bonds is 0. The van der Waals surface area contributed by atoms with Crippen LogP contribution in [0, 0.1) is 18.3 Å². The van der Waals surface area contributed by atoms with E-state index in [1.165, 1.54) is 0 Å². The summed E-state index contributed by atoms with van der Waals surface area (Å²) in [5.41, 5.74) is 1.42. The van der Waals surface area contributed by atoms with Gasteiger partial charge in [0.2, 0.25) is 0 Å². The van der Waals surface area contributed by atoms with Crippen molar-refractivity contribution in [2.45, 2.75) is 6.92 Å². The van der Waals surface area contributed by atoms with Gasteiger partial charge in [0, 0.05) is 5.39 Å². The summed E-state index contributed by atoms with van der Waals surface area (Å²) in [4.78, 5) is 0. The number of benzene rings is 1. The Morgan fingerprint density at radius 1 is 1.33 bits per heavy atom. The second-order valence-corrected chi connectivity index (χ2v) is 2.72. The highest BCUT2D eigenvalue weighted by Crippen LogP contribution is 2.19. The van der Waals surface area contributed by atoms with E-state index in [0.717, 1.165) is 16.7 Å². The van der Waals surface area contributed by atoms with Crippen LogP contribution in [0.4, 0.5) is 0 Å². The Morgan fingerprint density at radius 2 is 2.17 bits per heavy atom. The molecule has 0 amide bonds. The Morgan fingerprint density at radius 3 is 2.92 bits per heavy atom. The maximum Gasteiger partial charge on any atom is 0.135 e. The van der Waals surface area contributed by atoms with Crippen molar-refractivity contribution in [3.8, 4) is 6.07 Å². The standard InChI is InChI=1S/C10H7NO/c1-7-4-9-3-2-8(6-11)5-10(9)12-7/h2-5H,1H3. The number of hydrogen-bond acceptors (Lipinski definition) is 2. The first-order chi connectivity index (χ1) is 5.79. The number of nitriles is 1. The van der Waals surface area contributed by atoms with Crippen molar-refractivity contribution in [1.29, 1.82) is 5.26 Å². The van der Waals surface area contributed by atoms with E-state index in [2.05, 4.69) is 6.07 Å². The van der Waals surface area contributed by atoms with Crippen molar-refractivity contribution in [2.75, 3.05) is 0 Å². The molecular weight excluding hydrogens is 150 g/mol. The van der Waals surface area contributed by atoms with E-state index in [-0.39, 0.29) is 0 Å². The fraction of sp³-hybridized carbons (Fsp3) is 0.100. The zero-order valence-electron chi connectivity index (χ0n) is 6.66. The van der Waals surface area contributed by atoms with E-state index in [1.807, 2.05) is 19.1 Å². The average molecular weight is 157 g/mol. The lowest BCUT2D eigenvalue weighted by Gasteiger charge is -1.87. The predicted molar refractivity (Wildman–Crippen MR) is 45.7 cm³/mol. The van der Waals surface area contributed by atoms with E-state index in [1.54, 1.807) is 12.1 Å². The highest BCUT2D eigenvalue weighted by Gasteiger charge is 2.00. The first-order valence-electron chi connectivity index (χ1n) is 3.70. The molecule has 0 N–H and O–H groups in total. The van der Waals surface area contributed by atoms with Crippen LogP contribution in [0.3, 0.4) is 0 Å². The second-order valence-electron chi connectivity index (χ2n) is 2.72. The molecule has 0 spiro atoms. The first kappa shape index (κ1) is 6.93.